The molecule has 0 bridgehead atoms. The number of halogens is 4. The number of nitrogens with zero attached hydrogens (tertiary/aromatic N) is 23. The number of H-pyrrole nitrogens is 5. The van der Waals surface area contributed by atoms with E-state index in [0.717, 1.165) is 110 Å². The van der Waals surface area contributed by atoms with Gasteiger partial charge in [0.15, 0.2) is 11.5 Å². The molecule has 1 aliphatic heterocycles. The molecule has 5 aliphatic rings. The number of aromatic amines is 5. The van der Waals surface area contributed by atoms with Crippen LogP contribution in [-0.2, 0) is 20.7 Å². The molecule has 5 N–H and O–H groups in total. The van der Waals surface area contributed by atoms with Gasteiger partial charge in [-0.2, -0.15) is 15.6 Å². The molecule has 11 heterocycles. The number of anilines is 2. The van der Waals surface area contributed by atoms with Crippen LogP contribution in [0.1, 0.15) is 62.5 Å². The van der Waals surface area contributed by atoms with Crippen LogP contribution in [0.3, 0.4) is 0 Å². The van der Waals surface area contributed by atoms with Gasteiger partial charge in [0.2, 0.25) is 29.1 Å². The van der Waals surface area contributed by atoms with Crippen molar-refractivity contribution >= 4 is 57.8 Å². The number of benzene rings is 5. The first-order valence-electron chi connectivity index (χ1n) is 35.7. The molecule has 115 heavy (non-hydrogen) atoms. The molecule has 580 valence electrons. The minimum absolute atomic E-state index is 0.211. The molecule has 40 heteroatoms. The van der Waals surface area contributed by atoms with Crippen LogP contribution in [0.4, 0.5) is 11.4 Å². The van der Waals surface area contributed by atoms with E-state index in [1.54, 1.807) is 38.5 Å². The van der Waals surface area contributed by atoms with Crippen LogP contribution in [0.15, 0.2) is 172 Å². The lowest BCUT2D eigenvalue weighted by Crippen LogP contribution is -2.19. The predicted octanol–water partition coefficient (Wildman–Crippen LogP) is 11.8. The highest BCUT2D eigenvalue weighted by atomic mass is 35.5. The molecule has 0 radical (unpaired) electrons. The second-order valence-electron chi connectivity index (χ2n) is 26.7. The summed E-state index contributed by atoms with van der Waals surface area (Å²) in [5.41, 5.74) is 14.4. The molecule has 5 aromatic carbocycles. The van der Waals surface area contributed by atoms with Crippen LogP contribution in [0.5, 0.6) is 11.5 Å². The standard InChI is InChI=1S/C16H14ClN5O2.C16H13ClN4O3.C15H14ClN7.C15H13ClN6O.C13H10N6O2/c1-22(10-3-4-10)14-5-2-9(6-11(14)17)12-7-13(19-8-18-12)15-20-16(23)24-21-15;1-23-16(4-5-16)10-3-2-9(6-11(10)17)12-7-13(19-8-18-12)14-20-15(22)24-21-14;1-23(10-3-4-10)14-5-2-9(6-11(14)16)12-7-13(18-8-17-12)15-19-21-22-20-15;1-23-15(4-5-15)10-3-2-9(6-11(10)16)12-7-13(18-8-17-12)14-19-21-22-20-14;1-2-11-12(21-4-3-20-11)5-8(1)9-6-10(15-7-14-9)13-16-18-19-17-13/h2,5-8,10H,3-4H2,1H3,(H,20,21,23);2-3,6-8H,4-5H2,1H3,(H,20,21,22);2,5-8,10H,3-4H2,1H3,(H,19,20,21,22);2-3,6-8H,4-5H2,1H3,(H,19,20,21,22);1-2,5-7H,3-4H2,(H,16,17,18,19). The summed E-state index contributed by atoms with van der Waals surface area (Å²) >= 11 is 25.8. The number of aromatic nitrogens is 26. The fourth-order valence-corrected chi connectivity index (χ4v) is 13.9. The van der Waals surface area contributed by atoms with Crippen LogP contribution in [0.25, 0.3) is 114 Å². The molecule has 4 aliphatic carbocycles. The minimum atomic E-state index is -0.633. The minimum Gasteiger partial charge on any atom is -0.486 e. The van der Waals surface area contributed by atoms with Gasteiger partial charge < -0.3 is 28.7 Å². The maximum atomic E-state index is 11.1. The van der Waals surface area contributed by atoms with E-state index in [2.05, 4.69) is 165 Å². The van der Waals surface area contributed by atoms with E-state index in [4.69, 9.17) is 65.4 Å². The normalized spacial score (nSPS) is 14.4. The van der Waals surface area contributed by atoms with Crippen molar-refractivity contribution in [2.45, 2.75) is 74.7 Å². The topological polar surface area (TPSA) is 453 Å². The Kier molecular flexibility index (Phi) is 22.0. The number of methoxy groups -OCH3 is 2. The molecule has 36 nitrogen and oxygen atoms in total. The largest absolute Gasteiger partial charge is 0.486 e. The summed E-state index contributed by atoms with van der Waals surface area (Å²) in [5, 5.41) is 51.3. The summed E-state index contributed by atoms with van der Waals surface area (Å²) in [6, 6.07) is 39.2. The number of nitrogens with one attached hydrogen (secondary N) is 5. The lowest BCUT2D eigenvalue weighted by molar-refractivity contribution is 0.0789. The Hall–Kier alpha value is -13.1. The van der Waals surface area contributed by atoms with Crippen molar-refractivity contribution in [2.24, 2.45) is 0 Å². The zero-order chi connectivity index (χ0) is 79.2. The summed E-state index contributed by atoms with van der Waals surface area (Å²) in [6.45, 7) is 1.12. The second kappa shape index (κ2) is 33.3. The van der Waals surface area contributed by atoms with Crippen molar-refractivity contribution in [1.29, 1.82) is 0 Å². The van der Waals surface area contributed by atoms with Crippen molar-refractivity contribution in [3.05, 3.63) is 205 Å². The highest BCUT2D eigenvalue weighted by Crippen LogP contribution is 2.53. The van der Waals surface area contributed by atoms with Gasteiger partial charge in [-0.15, -0.1) is 30.6 Å². The van der Waals surface area contributed by atoms with Gasteiger partial charge in [-0.25, -0.2) is 59.4 Å². The summed E-state index contributed by atoms with van der Waals surface area (Å²) in [4.78, 5) is 73.6. The number of hydrogen-bond acceptors (Lipinski definition) is 31. The maximum absolute atomic E-state index is 11.1. The molecule has 0 atom stereocenters. The number of ether oxygens (including phenoxy) is 4. The zero-order valence-electron chi connectivity index (χ0n) is 61.2. The van der Waals surface area contributed by atoms with Crippen LogP contribution >= 0.6 is 46.4 Å². The van der Waals surface area contributed by atoms with Gasteiger partial charge in [0.25, 0.3) is 0 Å². The van der Waals surface area contributed by atoms with Crippen molar-refractivity contribution < 1.29 is 28.0 Å². The van der Waals surface area contributed by atoms with Crippen molar-refractivity contribution in [3.63, 3.8) is 0 Å². The first kappa shape index (κ1) is 75.9. The third-order valence-corrected chi connectivity index (χ3v) is 20.6. The first-order chi connectivity index (χ1) is 56.1. The molecule has 0 spiro atoms. The van der Waals surface area contributed by atoms with Crippen LogP contribution in [0, 0.1) is 0 Å². The number of hydrogen-bond donors (Lipinski definition) is 5. The van der Waals surface area contributed by atoms with Gasteiger partial charge in [0.05, 0.1) is 61.1 Å². The second-order valence-corrected chi connectivity index (χ2v) is 28.3. The Bertz CT molecular complexity index is 6060. The Morgan fingerprint density at radius 3 is 1.03 bits per heavy atom. The number of tetrazole rings is 3. The molecule has 20 rings (SSSR count). The molecule has 4 fully saturated rings. The fraction of sp³-hybridized carbons (Fsp3) is 0.240. The molecule has 4 saturated carbocycles. The third kappa shape index (κ3) is 17.4. The van der Waals surface area contributed by atoms with Gasteiger partial charge in [0, 0.05) is 89.4 Å². The summed E-state index contributed by atoms with van der Waals surface area (Å²) in [7, 11) is 7.56. The van der Waals surface area contributed by atoms with Crippen molar-refractivity contribution in [2.75, 3.05) is 51.3 Å². The van der Waals surface area contributed by atoms with Crippen LogP contribution < -0.4 is 30.8 Å². The molecule has 0 saturated heterocycles. The summed E-state index contributed by atoms with van der Waals surface area (Å²) < 4.78 is 31.3. The Morgan fingerprint density at radius 2 is 0.713 bits per heavy atom. The van der Waals surface area contributed by atoms with Crippen LogP contribution in [0.2, 0.25) is 20.1 Å². The Labute approximate surface area is 670 Å². The van der Waals surface area contributed by atoms with Gasteiger partial charge >= 0.3 is 11.5 Å². The quantitative estimate of drug-likeness (QED) is 0.0532. The predicted molar refractivity (Wildman–Crippen MR) is 419 cm³/mol. The number of fused-ring (bicyclic) bond motifs is 1. The molecule has 10 aromatic heterocycles. The van der Waals surface area contributed by atoms with Gasteiger partial charge in [-0.05, 0) is 152 Å². The average molecular weight is 1630 g/mol. The van der Waals surface area contributed by atoms with Crippen molar-refractivity contribution in [3.8, 4) is 125 Å². The van der Waals surface area contributed by atoms with Gasteiger partial charge in [-0.3, -0.25) is 19.0 Å². The number of rotatable bonds is 18. The van der Waals surface area contributed by atoms with E-state index in [1.807, 2.05) is 97.1 Å². The average Bonchev–Trinajstić information content (AvgIpc) is 1.61. The van der Waals surface area contributed by atoms with E-state index in [-0.39, 0.29) is 22.9 Å². The lowest BCUT2D eigenvalue weighted by Gasteiger charge is -2.20. The zero-order valence-corrected chi connectivity index (χ0v) is 64.2. The maximum Gasteiger partial charge on any atom is 0.439 e. The van der Waals surface area contributed by atoms with E-state index in [1.165, 1.54) is 57.3 Å². The first-order valence-corrected chi connectivity index (χ1v) is 37.2. The molecule has 0 amide bonds. The highest BCUT2D eigenvalue weighted by Gasteiger charge is 2.47. The van der Waals surface area contributed by atoms with E-state index in [9.17, 15) is 9.59 Å². The molecular weight excluding hydrogens is 1560 g/mol. The lowest BCUT2D eigenvalue weighted by atomic mass is 10.0. The third-order valence-electron chi connectivity index (χ3n) is 19.4. The summed E-state index contributed by atoms with van der Waals surface area (Å²) in [5.74, 6) is 2.01. The van der Waals surface area contributed by atoms with Gasteiger partial charge in [0.1, 0.15) is 73.3 Å². The summed E-state index contributed by atoms with van der Waals surface area (Å²) in [6.07, 6.45) is 16.1. The van der Waals surface area contributed by atoms with E-state index in [0.29, 0.717) is 97.7 Å². The molecular formula is C75H64Cl4N28O8. The van der Waals surface area contributed by atoms with E-state index >= 15 is 0 Å². The fourth-order valence-electron chi connectivity index (χ4n) is 12.6. The Morgan fingerprint density at radius 1 is 0.391 bits per heavy atom. The monoisotopic (exact) mass is 1620 g/mol. The van der Waals surface area contributed by atoms with Crippen molar-refractivity contribution in [1.82, 2.24) is 132 Å². The SMILES string of the molecule is CN(c1ccc(-c2cc(-c3nn[nH]n3)ncn2)cc1Cl)C1CC1.CN(c1ccc(-c2cc(-c3noc(=O)[nH]3)ncn2)cc1Cl)C1CC1.COC1(c2ccc(-c3cc(-c4nn[nH]n4)ncn3)cc2Cl)CC1.COC1(c2ccc(-c3cc(-c4noc(=O)[nH]4)ncn3)cc2Cl)CC1.c1nc(-c2ccc3c(c2)OCCO3)cc(-c2nn[nH]n2)n1. The van der Waals surface area contributed by atoms with Crippen LogP contribution in [-0.4, -0.2) is 186 Å². The molecule has 0 unspecified atom stereocenters. The molecule has 15 aromatic rings. The van der Waals surface area contributed by atoms with Gasteiger partial charge in [-0.1, -0.05) is 93.1 Å². The smallest absolute Gasteiger partial charge is 0.439 e. The highest BCUT2D eigenvalue weighted by molar-refractivity contribution is 6.34. The Balaban J connectivity index is 0.000000108. The van der Waals surface area contributed by atoms with E-state index < -0.39 is 11.5 Å².